The van der Waals surface area contributed by atoms with E-state index in [1.807, 2.05) is 6.92 Å². The quantitative estimate of drug-likeness (QED) is 0.749. The Morgan fingerprint density at radius 2 is 1.87 bits per heavy atom. The number of esters is 1. The Morgan fingerprint density at radius 3 is 2.68 bits per heavy atom. The predicted molar refractivity (Wildman–Crippen MR) is 115 cm³/mol. The van der Waals surface area contributed by atoms with Crippen molar-refractivity contribution >= 4 is 22.7 Å². The van der Waals surface area contributed by atoms with E-state index >= 15 is 0 Å². The summed E-state index contributed by atoms with van der Waals surface area (Å²) in [6.45, 7) is 1.81. The summed E-state index contributed by atoms with van der Waals surface area (Å²) in [7, 11) is 0. The monoisotopic (exact) mass is 419 g/mol. The maximum Gasteiger partial charge on any atom is 0.337 e. The van der Waals surface area contributed by atoms with Crippen molar-refractivity contribution in [3.63, 3.8) is 0 Å². The van der Waals surface area contributed by atoms with Gasteiger partial charge in [0.25, 0.3) is 0 Å². The second-order valence-electron chi connectivity index (χ2n) is 8.59. The average molecular weight is 419 g/mol. The highest BCUT2D eigenvalue weighted by molar-refractivity contribution is 6.04. The molecule has 3 aliphatic rings. The predicted octanol–water partition coefficient (Wildman–Crippen LogP) is 4.25. The first-order valence-corrected chi connectivity index (χ1v) is 11.0. The fraction of sp³-hybridized carbons (Fsp3) is 0.400. The zero-order chi connectivity index (χ0) is 21.5. The minimum atomic E-state index is -0.779. The van der Waals surface area contributed by atoms with E-state index in [0.29, 0.717) is 46.2 Å². The van der Waals surface area contributed by atoms with E-state index in [1.54, 1.807) is 24.3 Å². The molecule has 2 aliphatic carbocycles. The topological polar surface area (TPSA) is 85.6 Å². The van der Waals surface area contributed by atoms with Crippen LogP contribution in [0.25, 0.3) is 11.0 Å². The van der Waals surface area contributed by atoms with Gasteiger partial charge in [-0.15, -0.1) is 0 Å². The maximum absolute atomic E-state index is 13.4. The number of carbonyl (C=O) groups excluding carboxylic acids is 2. The summed E-state index contributed by atoms with van der Waals surface area (Å²) in [4.78, 5) is 39.8. The summed E-state index contributed by atoms with van der Waals surface area (Å²) in [6, 6.07) is 7.01. The molecule has 1 N–H and O–H groups in total. The highest BCUT2D eigenvalue weighted by Crippen LogP contribution is 2.42. The smallest absolute Gasteiger partial charge is 0.337 e. The number of rotatable bonds is 3. The fourth-order valence-corrected chi connectivity index (χ4v) is 5.08. The molecule has 1 atom stereocenters. The van der Waals surface area contributed by atoms with Crippen LogP contribution in [0.2, 0.25) is 0 Å². The van der Waals surface area contributed by atoms with Crippen molar-refractivity contribution in [2.75, 3.05) is 0 Å². The molecule has 1 fully saturated rings. The van der Waals surface area contributed by atoms with Gasteiger partial charge >= 0.3 is 5.97 Å². The molecule has 0 bridgehead atoms. The van der Waals surface area contributed by atoms with Crippen LogP contribution in [0, 0.1) is 0 Å². The lowest BCUT2D eigenvalue weighted by Gasteiger charge is -2.34. The maximum atomic E-state index is 13.4. The van der Waals surface area contributed by atoms with Crippen LogP contribution in [-0.2, 0) is 14.3 Å². The Kier molecular flexibility index (Phi) is 5.00. The number of allylic oxidation sites excluding steroid dienone is 3. The summed E-state index contributed by atoms with van der Waals surface area (Å²) in [5.41, 5.74) is 2.82. The van der Waals surface area contributed by atoms with Gasteiger partial charge in [0, 0.05) is 29.0 Å². The molecule has 1 aromatic heterocycles. The van der Waals surface area contributed by atoms with Crippen LogP contribution in [0.15, 0.2) is 62.3 Å². The van der Waals surface area contributed by atoms with Crippen LogP contribution in [0.5, 0.6) is 0 Å². The van der Waals surface area contributed by atoms with Gasteiger partial charge in [-0.1, -0.05) is 12.1 Å². The first kappa shape index (κ1) is 19.8. The number of Topliss-reactive ketones (excluding diaryl/α,β-unsaturated/α-hetero) is 1. The average Bonchev–Trinajstić information content (AvgIpc) is 3.26. The third-order valence-electron chi connectivity index (χ3n) is 6.59. The Bertz CT molecular complexity index is 1200. The van der Waals surface area contributed by atoms with Gasteiger partial charge in [0.1, 0.15) is 11.7 Å². The van der Waals surface area contributed by atoms with E-state index in [1.165, 1.54) is 6.26 Å². The van der Waals surface area contributed by atoms with Gasteiger partial charge in [0.2, 0.25) is 0 Å². The minimum absolute atomic E-state index is 0.0371. The number of para-hydroxylation sites is 1. The van der Waals surface area contributed by atoms with Crippen LogP contribution >= 0.6 is 0 Å². The molecule has 0 radical (unpaired) electrons. The van der Waals surface area contributed by atoms with Crippen molar-refractivity contribution in [2.24, 2.45) is 0 Å². The molecule has 6 nitrogen and oxygen atoms in total. The van der Waals surface area contributed by atoms with E-state index in [2.05, 4.69) is 5.32 Å². The summed E-state index contributed by atoms with van der Waals surface area (Å²) < 4.78 is 11.6. The number of ether oxygens (including phenoxy) is 1. The first-order valence-electron chi connectivity index (χ1n) is 11.0. The number of dihydropyridines is 1. The van der Waals surface area contributed by atoms with E-state index in [0.717, 1.165) is 37.8 Å². The largest absolute Gasteiger partial charge is 0.464 e. The molecule has 160 valence electrons. The summed E-state index contributed by atoms with van der Waals surface area (Å²) in [5.74, 6) is -1.27. The van der Waals surface area contributed by atoms with Crippen LogP contribution in [0.3, 0.4) is 0 Å². The second kappa shape index (κ2) is 7.84. The zero-order valence-corrected chi connectivity index (χ0v) is 17.5. The van der Waals surface area contributed by atoms with Crippen LogP contribution in [-0.4, -0.2) is 17.9 Å². The molecule has 0 spiro atoms. The van der Waals surface area contributed by atoms with Crippen LogP contribution in [0.1, 0.15) is 63.4 Å². The molecule has 1 aromatic carbocycles. The molecule has 31 heavy (non-hydrogen) atoms. The van der Waals surface area contributed by atoms with Crippen molar-refractivity contribution in [2.45, 2.75) is 63.9 Å². The third kappa shape index (κ3) is 3.40. The first-order chi connectivity index (χ1) is 15.0. The number of carbonyl (C=O) groups is 2. The molecular formula is C25H25NO5. The van der Waals surface area contributed by atoms with Crippen LogP contribution < -0.4 is 10.7 Å². The van der Waals surface area contributed by atoms with Gasteiger partial charge in [0.05, 0.1) is 23.1 Å². The van der Waals surface area contributed by atoms with Gasteiger partial charge in [-0.3, -0.25) is 9.59 Å². The molecular weight excluding hydrogens is 394 g/mol. The van der Waals surface area contributed by atoms with E-state index in [9.17, 15) is 14.4 Å². The standard InChI is InChI=1S/C25H25NO5/c1-14-21(25(29)31-15-7-2-3-8-15)22(23-18(26-14)10-6-11-19(23)27)17-13-30-20-12-5-4-9-16(20)24(17)28/h4-5,9,12-13,15,22,26H,2-3,6-8,10-11H2,1H3. The van der Waals surface area contributed by atoms with Gasteiger partial charge in [-0.25, -0.2) is 4.79 Å². The number of fused-ring (bicyclic) bond motifs is 1. The van der Waals surface area contributed by atoms with Crippen molar-refractivity contribution in [3.05, 3.63) is 68.9 Å². The SMILES string of the molecule is CC1=C(C(=O)OC2CCCC2)C(c2coc3ccccc3c2=O)C2=C(CCCC2=O)N1. The van der Waals surface area contributed by atoms with Gasteiger partial charge in [-0.05, 0) is 57.6 Å². The molecule has 0 amide bonds. The molecule has 1 aliphatic heterocycles. The molecule has 1 saturated carbocycles. The number of benzene rings is 1. The highest BCUT2D eigenvalue weighted by Gasteiger charge is 2.41. The molecule has 6 heteroatoms. The van der Waals surface area contributed by atoms with E-state index < -0.39 is 11.9 Å². The second-order valence-corrected chi connectivity index (χ2v) is 8.59. The Hall–Kier alpha value is -3.15. The van der Waals surface area contributed by atoms with E-state index in [4.69, 9.17) is 9.15 Å². The normalized spacial score (nSPS) is 22.0. The van der Waals surface area contributed by atoms with E-state index in [-0.39, 0.29) is 17.3 Å². The minimum Gasteiger partial charge on any atom is -0.464 e. The molecule has 1 unspecified atom stereocenters. The lowest BCUT2D eigenvalue weighted by molar-refractivity contribution is -0.144. The summed E-state index contributed by atoms with van der Waals surface area (Å²) >= 11 is 0. The molecule has 0 saturated heterocycles. The van der Waals surface area contributed by atoms with Gasteiger partial charge < -0.3 is 14.5 Å². The highest BCUT2D eigenvalue weighted by atomic mass is 16.5. The number of hydrogen-bond acceptors (Lipinski definition) is 6. The molecule has 2 aromatic rings. The Morgan fingerprint density at radius 1 is 1.10 bits per heavy atom. The zero-order valence-electron chi connectivity index (χ0n) is 17.5. The van der Waals surface area contributed by atoms with Gasteiger partial charge in [0.15, 0.2) is 11.2 Å². The fourth-order valence-electron chi connectivity index (χ4n) is 5.08. The van der Waals surface area contributed by atoms with Crippen LogP contribution in [0.4, 0.5) is 0 Å². The van der Waals surface area contributed by atoms with Crippen molar-refractivity contribution < 1.29 is 18.7 Å². The van der Waals surface area contributed by atoms with Crippen molar-refractivity contribution in [1.82, 2.24) is 5.32 Å². The number of hydrogen-bond donors (Lipinski definition) is 1. The molecule has 2 heterocycles. The van der Waals surface area contributed by atoms with Crippen molar-refractivity contribution in [3.8, 4) is 0 Å². The summed E-state index contributed by atoms with van der Waals surface area (Å²) in [6.07, 6.45) is 6.93. The van der Waals surface area contributed by atoms with Gasteiger partial charge in [-0.2, -0.15) is 0 Å². The summed E-state index contributed by atoms with van der Waals surface area (Å²) in [5, 5.41) is 3.70. The Labute approximate surface area is 180 Å². The lowest BCUT2D eigenvalue weighted by atomic mass is 9.75. The molecule has 5 rings (SSSR count). The van der Waals surface area contributed by atoms with Crippen molar-refractivity contribution in [1.29, 1.82) is 0 Å². The Balaban J connectivity index is 1.66. The number of nitrogens with one attached hydrogen (secondary N) is 1. The lowest BCUT2D eigenvalue weighted by Crippen LogP contribution is -2.36. The third-order valence-corrected chi connectivity index (χ3v) is 6.59. The number of ketones is 1.